The third kappa shape index (κ3) is 4.07. The number of hydrogen-bond donors (Lipinski definition) is 1. The summed E-state index contributed by atoms with van der Waals surface area (Å²) in [5, 5.41) is 2.92. The maximum Gasteiger partial charge on any atom is 0.410 e. The number of rotatable bonds is 2. The number of halogens is 1. The number of fused-ring (bicyclic) bond motifs is 2. The smallest absolute Gasteiger partial charge is 0.410 e. The standard InChI is InChI=1S/C34H32FN7O5/c1-34(2,3)47-33(46)42-16-23-25-21(29(25)42)15-41(23)32(45)39-9-8-38-14-20(19-11-18(35)10-17(13-39)28(19)38)26-27(31(44)37-30(26)43)22-12-36-24-6-4-5-7-40(22)24/h4-7,10-12,14,21,23,25,29H,8-9,13,15-16H2,1-3H3,(H,37,43,44). The van der Waals surface area contributed by atoms with Crippen LogP contribution in [0.15, 0.2) is 48.9 Å². The van der Waals surface area contributed by atoms with Gasteiger partial charge in [-0.25, -0.2) is 19.0 Å². The Balaban J connectivity index is 1.04. The topological polar surface area (TPSA) is 121 Å². The van der Waals surface area contributed by atoms with E-state index in [9.17, 15) is 19.2 Å². The Kier molecular flexibility index (Phi) is 5.63. The Morgan fingerprint density at radius 1 is 1.04 bits per heavy atom. The van der Waals surface area contributed by atoms with Gasteiger partial charge in [0.25, 0.3) is 11.8 Å². The highest BCUT2D eigenvalue weighted by Gasteiger charge is 2.71. The number of imidazole rings is 1. The Morgan fingerprint density at radius 3 is 2.64 bits per heavy atom. The predicted molar refractivity (Wildman–Crippen MR) is 167 cm³/mol. The quantitative estimate of drug-likeness (QED) is 0.336. The van der Waals surface area contributed by atoms with E-state index in [1.807, 2.05) is 42.4 Å². The Morgan fingerprint density at radius 2 is 1.85 bits per heavy atom. The molecule has 3 fully saturated rings. The van der Waals surface area contributed by atoms with Gasteiger partial charge in [0.1, 0.15) is 17.1 Å². The number of nitrogens with zero attached hydrogens (tertiary/aromatic N) is 6. The van der Waals surface area contributed by atoms with Gasteiger partial charge in [0.15, 0.2) is 0 Å². The minimum Gasteiger partial charge on any atom is -0.444 e. The SMILES string of the molecule is CC(C)(C)OC(=O)N1CC2C3C(CN2C(=O)N2CCn4cc(C5=C(c6cnc7ccccn67)C(=O)NC5=O)c5cc(F)cc(c54)C2)C31. The van der Waals surface area contributed by atoms with Gasteiger partial charge in [-0.2, -0.15) is 0 Å². The van der Waals surface area contributed by atoms with Gasteiger partial charge >= 0.3 is 12.1 Å². The number of benzene rings is 1. The highest BCUT2D eigenvalue weighted by Crippen LogP contribution is 2.58. The van der Waals surface area contributed by atoms with Crippen molar-refractivity contribution in [3.63, 3.8) is 0 Å². The highest BCUT2D eigenvalue weighted by molar-refractivity contribution is 6.49. The number of imide groups is 1. The molecule has 5 amide bonds. The van der Waals surface area contributed by atoms with Gasteiger partial charge in [-0.05, 0) is 50.6 Å². The molecule has 0 spiro atoms. The molecule has 2 saturated heterocycles. The molecule has 0 radical (unpaired) electrons. The van der Waals surface area contributed by atoms with Crippen molar-refractivity contribution in [1.82, 2.24) is 34.0 Å². The van der Waals surface area contributed by atoms with Crippen molar-refractivity contribution >= 4 is 51.6 Å². The van der Waals surface area contributed by atoms with E-state index >= 15 is 4.39 Å². The van der Waals surface area contributed by atoms with E-state index < -0.39 is 23.2 Å². The largest absolute Gasteiger partial charge is 0.444 e. The summed E-state index contributed by atoms with van der Waals surface area (Å²) in [7, 11) is 0. The van der Waals surface area contributed by atoms with Crippen molar-refractivity contribution < 1.29 is 28.3 Å². The number of likely N-dealkylation sites (tertiary alicyclic amines) is 2. The molecule has 47 heavy (non-hydrogen) atoms. The number of carbonyl (C=O) groups excluding carboxylic acids is 4. The number of carbonyl (C=O) groups is 4. The van der Waals surface area contributed by atoms with E-state index in [1.54, 1.807) is 38.9 Å². The fraction of sp³-hybridized carbons (Fsp3) is 0.382. The van der Waals surface area contributed by atoms with Crippen molar-refractivity contribution in [3.05, 3.63) is 71.6 Å². The molecule has 4 atom stereocenters. The lowest BCUT2D eigenvalue weighted by Crippen LogP contribution is -2.48. The fourth-order valence-electron chi connectivity index (χ4n) is 8.33. The molecule has 12 nitrogen and oxygen atoms in total. The number of nitrogens with one attached hydrogen (secondary N) is 1. The second-order valence-corrected chi connectivity index (χ2v) is 14.1. The van der Waals surface area contributed by atoms with Crippen LogP contribution >= 0.6 is 0 Å². The van der Waals surface area contributed by atoms with E-state index in [1.165, 1.54) is 12.1 Å². The first-order chi connectivity index (χ1) is 22.5. The van der Waals surface area contributed by atoms with Crippen molar-refractivity contribution in [2.75, 3.05) is 19.6 Å². The van der Waals surface area contributed by atoms with Crippen LogP contribution in [0.4, 0.5) is 14.0 Å². The molecule has 1 saturated carbocycles. The van der Waals surface area contributed by atoms with Gasteiger partial charge in [-0.1, -0.05) is 6.07 Å². The molecule has 1 aromatic carbocycles. The van der Waals surface area contributed by atoms with Crippen LogP contribution in [0.25, 0.3) is 27.7 Å². The first-order valence-electron chi connectivity index (χ1n) is 15.9. The molecule has 1 N–H and O–H groups in total. The van der Waals surface area contributed by atoms with Crippen LogP contribution in [0.5, 0.6) is 0 Å². The molecule has 9 rings (SSSR count). The average molecular weight is 638 g/mol. The van der Waals surface area contributed by atoms with Crippen LogP contribution in [0.3, 0.4) is 0 Å². The van der Waals surface area contributed by atoms with Gasteiger partial charge < -0.3 is 24.0 Å². The number of aromatic nitrogens is 3. The van der Waals surface area contributed by atoms with Crippen LogP contribution < -0.4 is 5.32 Å². The van der Waals surface area contributed by atoms with Crippen LogP contribution in [0.2, 0.25) is 0 Å². The summed E-state index contributed by atoms with van der Waals surface area (Å²) in [5.74, 6) is -1.11. The van der Waals surface area contributed by atoms with Crippen LogP contribution in [-0.4, -0.2) is 89.9 Å². The summed E-state index contributed by atoms with van der Waals surface area (Å²) in [6.07, 6.45) is 4.77. The molecule has 7 heterocycles. The Hall–Kier alpha value is -5.20. The summed E-state index contributed by atoms with van der Waals surface area (Å²) >= 11 is 0. The zero-order valence-electron chi connectivity index (χ0n) is 26.1. The Bertz CT molecular complexity index is 2130. The maximum atomic E-state index is 15.3. The third-order valence-electron chi connectivity index (χ3n) is 10.2. The molecule has 240 valence electrons. The van der Waals surface area contributed by atoms with Crippen LogP contribution in [0, 0.1) is 17.7 Å². The maximum absolute atomic E-state index is 15.3. The normalized spacial score (nSPS) is 24.8. The number of hydrogen-bond acceptors (Lipinski definition) is 6. The third-order valence-corrected chi connectivity index (χ3v) is 10.2. The summed E-state index contributed by atoms with van der Waals surface area (Å²) in [5.41, 5.74) is 2.61. The zero-order valence-corrected chi connectivity index (χ0v) is 26.1. The minimum absolute atomic E-state index is 0.0743. The van der Waals surface area contributed by atoms with E-state index in [2.05, 4.69) is 10.3 Å². The molecule has 1 aliphatic carbocycles. The van der Waals surface area contributed by atoms with E-state index in [4.69, 9.17) is 4.74 Å². The van der Waals surface area contributed by atoms with E-state index in [0.29, 0.717) is 54.0 Å². The van der Waals surface area contributed by atoms with Gasteiger partial charge in [-0.3, -0.25) is 19.3 Å². The number of amides is 5. The van der Waals surface area contributed by atoms with Crippen molar-refractivity contribution in [2.45, 2.75) is 51.5 Å². The lowest BCUT2D eigenvalue weighted by atomic mass is 9.98. The van der Waals surface area contributed by atoms with E-state index in [-0.39, 0.29) is 53.7 Å². The highest BCUT2D eigenvalue weighted by atomic mass is 19.1. The second kappa shape index (κ2) is 9.43. The second-order valence-electron chi connectivity index (χ2n) is 14.1. The number of urea groups is 1. The van der Waals surface area contributed by atoms with Crippen LogP contribution in [-0.2, 0) is 27.4 Å². The lowest BCUT2D eigenvalue weighted by Gasteiger charge is -2.31. The minimum atomic E-state index is -0.597. The molecular formula is C34H32FN7O5. The molecule has 5 aliphatic rings. The summed E-state index contributed by atoms with van der Waals surface area (Å²) < 4.78 is 24.7. The van der Waals surface area contributed by atoms with Gasteiger partial charge in [-0.15, -0.1) is 0 Å². The predicted octanol–water partition coefficient (Wildman–Crippen LogP) is 3.48. The number of piperidine rings is 2. The lowest BCUT2D eigenvalue weighted by molar-refractivity contribution is -0.122. The molecular weight excluding hydrogens is 605 g/mol. The number of ether oxygens (including phenoxy) is 1. The van der Waals surface area contributed by atoms with Gasteiger partial charge in [0.05, 0.1) is 34.6 Å². The monoisotopic (exact) mass is 637 g/mol. The van der Waals surface area contributed by atoms with E-state index in [0.717, 1.165) is 5.52 Å². The molecule has 4 unspecified atom stereocenters. The molecule has 3 aromatic heterocycles. The molecule has 0 bridgehead atoms. The fourth-order valence-corrected chi connectivity index (χ4v) is 8.33. The first-order valence-corrected chi connectivity index (χ1v) is 15.9. The summed E-state index contributed by atoms with van der Waals surface area (Å²) in [6.45, 7) is 7.50. The van der Waals surface area contributed by atoms with Crippen molar-refractivity contribution in [2.24, 2.45) is 11.8 Å². The molecule has 4 aliphatic heterocycles. The summed E-state index contributed by atoms with van der Waals surface area (Å²) in [4.78, 5) is 63.2. The van der Waals surface area contributed by atoms with Crippen molar-refractivity contribution in [1.29, 1.82) is 0 Å². The first kappa shape index (κ1) is 28.1. The van der Waals surface area contributed by atoms with Crippen molar-refractivity contribution in [3.8, 4) is 0 Å². The molecule has 13 heteroatoms. The summed E-state index contributed by atoms with van der Waals surface area (Å²) in [6, 6.07) is 8.18. The Labute approximate surface area is 268 Å². The molecule has 4 aromatic rings. The zero-order chi connectivity index (χ0) is 32.5. The van der Waals surface area contributed by atoms with Gasteiger partial charge in [0.2, 0.25) is 0 Å². The van der Waals surface area contributed by atoms with Gasteiger partial charge in [0, 0.05) is 73.9 Å². The average Bonchev–Trinajstić information content (AvgIpc) is 3.41. The van der Waals surface area contributed by atoms with Crippen LogP contribution in [0.1, 0.15) is 37.6 Å². The number of pyridine rings is 1.